The van der Waals surface area contributed by atoms with Gasteiger partial charge in [-0.2, -0.15) is 8.78 Å². The van der Waals surface area contributed by atoms with E-state index in [9.17, 15) is 18.4 Å². The van der Waals surface area contributed by atoms with E-state index in [-0.39, 0.29) is 18.8 Å². The number of methoxy groups -OCH3 is 1. The minimum Gasteiger partial charge on any atom is -0.453 e. The molecule has 0 aromatic carbocycles. The molecule has 1 N–H and O–H groups in total. The van der Waals surface area contributed by atoms with E-state index in [1.54, 1.807) is 0 Å². The number of ketones is 1. The Morgan fingerprint density at radius 2 is 2.00 bits per heavy atom. The second kappa shape index (κ2) is 7.10. The first-order valence-corrected chi connectivity index (χ1v) is 4.22. The minimum atomic E-state index is -2.88. The second-order valence-electron chi connectivity index (χ2n) is 2.72. The van der Waals surface area contributed by atoms with Crippen LogP contribution in [0.4, 0.5) is 13.6 Å². The second-order valence-corrected chi connectivity index (χ2v) is 2.72. The maximum Gasteiger partial charge on any atom is 0.407 e. The van der Waals surface area contributed by atoms with Crippen LogP contribution in [0.15, 0.2) is 0 Å². The molecule has 88 valence electrons. The number of alkyl halides is 2. The van der Waals surface area contributed by atoms with Crippen molar-refractivity contribution in [2.24, 2.45) is 0 Å². The van der Waals surface area contributed by atoms with Crippen molar-refractivity contribution in [3.05, 3.63) is 0 Å². The summed E-state index contributed by atoms with van der Waals surface area (Å²) in [5.74, 6) is -0.349. The summed E-state index contributed by atoms with van der Waals surface area (Å²) in [6, 6.07) is -0.865. The number of hydrogen-bond donors (Lipinski definition) is 1. The van der Waals surface area contributed by atoms with Crippen LogP contribution in [-0.4, -0.2) is 38.2 Å². The molecule has 0 aliphatic heterocycles. The monoisotopic (exact) mass is 225 g/mol. The highest BCUT2D eigenvalue weighted by molar-refractivity contribution is 5.85. The van der Waals surface area contributed by atoms with Crippen molar-refractivity contribution in [3.8, 4) is 0 Å². The summed E-state index contributed by atoms with van der Waals surface area (Å²) in [5.41, 5.74) is 0. The molecular formula is C8H13F2NO4. The number of carbonyl (C=O) groups is 2. The van der Waals surface area contributed by atoms with Gasteiger partial charge in [-0.3, -0.25) is 4.79 Å². The predicted octanol–water partition coefficient (Wildman–Crippen LogP) is 0.929. The molecule has 0 spiro atoms. The molecule has 0 radical (unpaired) electrons. The molecule has 5 nitrogen and oxygen atoms in total. The average Bonchev–Trinajstić information content (AvgIpc) is 2.15. The summed E-state index contributed by atoms with van der Waals surface area (Å²) in [6.07, 6.45) is -0.804. The van der Waals surface area contributed by atoms with Gasteiger partial charge in [0.2, 0.25) is 0 Å². The van der Waals surface area contributed by atoms with Gasteiger partial charge in [0.25, 0.3) is 0 Å². The fourth-order valence-corrected chi connectivity index (χ4v) is 0.853. The summed E-state index contributed by atoms with van der Waals surface area (Å²) < 4.78 is 31.4. The lowest BCUT2D eigenvalue weighted by molar-refractivity contribution is -0.134. The Morgan fingerprint density at radius 3 is 2.40 bits per heavy atom. The van der Waals surface area contributed by atoms with Gasteiger partial charge in [-0.15, -0.1) is 0 Å². The molecule has 15 heavy (non-hydrogen) atoms. The Balaban J connectivity index is 3.94. The molecule has 0 aliphatic carbocycles. The Kier molecular flexibility index (Phi) is 6.52. The summed E-state index contributed by atoms with van der Waals surface area (Å²) in [6.45, 7) is -1.95. The van der Waals surface area contributed by atoms with Gasteiger partial charge in [-0.05, 0) is 13.3 Å². The minimum absolute atomic E-state index is 0.0191. The van der Waals surface area contributed by atoms with Gasteiger partial charge in [0.05, 0.1) is 19.8 Å². The smallest absolute Gasteiger partial charge is 0.407 e. The maximum atomic E-state index is 11.6. The predicted molar refractivity (Wildman–Crippen MR) is 46.6 cm³/mol. The average molecular weight is 225 g/mol. The molecule has 1 atom stereocenters. The number of alkyl carbamates (subject to hydrolysis) is 1. The maximum absolute atomic E-state index is 11.6. The number of hydrogen-bond acceptors (Lipinski definition) is 4. The number of rotatable bonds is 6. The molecule has 0 aromatic rings. The SMILES string of the molecule is COC(=O)N[C@@H](CCOC(F)F)C(C)=O. The van der Waals surface area contributed by atoms with Gasteiger partial charge in [0.15, 0.2) is 5.78 Å². The molecule has 0 rings (SSSR count). The van der Waals surface area contributed by atoms with Gasteiger partial charge < -0.3 is 14.8 Å². The van der Waals surface area contributed by atoms with E-state index in [2.05, 4.69) is 14.8 Å². The van der Waals surface area contributed by atoms with Gasteiger partial charge >= 0.3 is 12.7 Å². The fourth-order valence-electron chi connectivity index (χ4n) is 0.853. The first kappa shape index (κ1) is 13.8. The highest BCUT2D eigenvalue weighted by Crippen LogP contribution is 2.00. The van der Waals surface area contributed by atoms with Crippen LogP contribution in [0.3, 0.4) is 0 Å². The zero-order valence-corrected chi connectivity index (χ0v) is 8.46. The summed E-state index contributed by atoms with van der Waals surface area (Å²) in [4.78, 5) is 21.7. The molecule has 0 saturated carbocycles. The third-order valence-corrected chi connectivity index (χ3v) is 1.62. The van der Waals surface area contributed by atoms with Crippen LogP contribution in [-0.2, 0) is 14.3 Å². The Hall–Kier alpha value is -1.24. The van der Waals surface area contributed by atoms with Crippen LogP contribution in [0.5, 0.6) is 0 Å². The highest BCUT2D eigenvalue weighted by Gasteiger charge is 2.17. The third kappa shape index (κ3) is 6.78. The van der Waals surface area contributed by atoms with E-state index in [1.807, 2.05) is 0 Å². The first-order valence-electron chi connectivity index (χ1n) is 4.22. The number of ether oxygens (including phenoxy) is 2. The van der Waals surface area contributed by atoms with Crippen LogP contribution in [0.2, 0.25) is 0 Å². The van der Waals surface area contributed by atoms with Gasteiger partial charge in [0.1, 0.15) is 0 Å². The van der Waals surface area contributed by atoms with E-state index < -0.39 is 18.7 Å². The molecule has 0 aliphatic rings. The van der Waals surface area contributed by atoms with Crippen molar-refractivity contribution >= 4 is 11.9 Å². The van der Waals surface area contributed by atoms with E-state index in [4.69, 9.17) is 0 Å². The van der Waals surface area contributed by atoms with Gasteiger partial charge in [-0.1, -0.05) is 0 Å². The standard InChI is InChI=1S/C8H13F2NO4/c1-5(12)6(11-8(13)14-2)3-4-15-7(9)10/h6-7H,3-4H2,1-2H3,(H,11,13)/t6-/m0/s1. The normalized spacial score (nSPS) is 12.3. The summed E-state index contributed by atoms with van der Waals surface area (Å²) in [5, 5.41) is 2.20. The zero-order chi connectivity index (χ0) is 11.8. The molecule has 1 amide bonds. The first-order chi connectivity index (χ1) is 6.97. The Labute approximate surface area is 85.7 Å². The Morgan fingerprint density at radius 1 is 1.40 bits per heavy atom. The largest absolute Gasteiger partial charge is 0.453 e. The van der Waals surface area contributed by atoms with Gasteiger partial charge in [0, 0.05) is 0 Å². The van der Waals surface area contributed by atoms with Gasteiger partial charge in [-0.25, -0.2) is 4.79 Å². The number of nitrogens with one attached hydrogen (secondary N) is 1. The van der Waals surface area contributed by atoms with Crippen molar-refractivity contribution in [2.75, 3.05) is 13.7 Å². The topological polar surface area (TPSA) is 64.6 Å². The number of carbonyl (C=O) groups excluding carboxylic acids is 2. The number of Topliss-reactive ketones (excluding diaryl/α,β-unsaturated/α-hetero) is 1. The molecule has 0 heterocycles. The van der Waals surface area contributed by atoms with Crippen LogP contribution in [0, 0.1) is 0 Å². The summed E-state index contributed by atoms with van der Waals surface area (Å²) in [7, 11) is 1.14. The molecule has 0 saturated heterocycles. The van der Waals surface area contributed by atoms with E-state index >= 15 is 0 Å². The van der Waals surface area contributed by atoms with Crippen molar-refractivity contribution in [1.82, 2.24) is 5.32 Å². The molecule has 0 bridgehead atoms. The van der Waals surface area contributed by atoms with Crippen molar-refractivity contribution in [3.63, 3.8) is 0 Å². The quantitative estimate of drug-likeness (QED) is 0.730. The van der Waals surface area contributed by atoms with Crippen molar-refractivity contribution < 1.29 is 27.8 Å². The van der Waals surface area contributed by atoms with Crippen LogP contribution >= 0.6 is 0 Å². The van der Waals surface area contributed by atoms with Crippen molar-refractivity contribution in [2.45, 2.75) is 26.0 Å². The molecule has 7 heteroatoms. The third-order valence-electron chi connectivity index (χ3n) is 1.62. The van der Waals surface area contributed by atoms with Crippen LogP contribution < -0.4 is 5.32 Å². The molecule has 0 aromatic heterocycles. The lowest BCUT2D eigenvalue weighted by Crippen LogP contribution is -2.40. The zero-order valence-electron chi connectivity index (χ0n) is 8.46. The Bertz CT molecular complexity index is 223. The molecule has 0 fully saturated rings. The van der Waals surface area contributed by atoms with E-state index in [1.165, 1.54) is 6.92 Å². The van der Waals surface area contributed by atoms with Crippen LogP contribution in [0.1, 0.15) is 13.3 Å². The highest BCUT2D eigenvalue weighted by atomic mass is 19.3. The van der Waals surface area contributed by atoms with Crippen molar-refractivity contribution in [1.29, 1.82) is 0 Å². The van der Waals surface area contributed by atoms with E-state index in [0.29, 0.717) is 0 Å². The molecular weight excluding hydrogens is 212 g/mol. The number of halogens is 2. The number of amides is 1. The lowest BCUT2D eigenvalue weighted by atomic mass is 10.1. The summed E-state index contributed by atoms with van der Waals surface area (Å²) >= 11 is 0. The van der Waals surface area contributed by atoms with E-state index in [0.717, 1.165) is 7.11 Å². The lowest BCUT2D eigenvalue weighted by Gasteiger charge is -2.14. The molecule has 0 unspecified atom stereocenters. The fraction of sp³-hybridized carbons (Fsp3) is 0.750. The van der Waals surface area contributed by atoms with Crippen LogP contribution in [0.25, 0.3) is 0 Å².